The fourth-order valence-electron chi connectivity index (χ4n) is 3.22. The summed E-state index contributed by atoms with van der Waals surface area (Å²) in [6.45, 7) is 0. The molecule has 0 amide bonds. The molecule has 1 unspecified atom stereocenters. The largest absolute Gasteiger partial charge is 0.497 e. The third-order valence-electron chi connectivity index (χ3n) is 4.97. The van der Waals surface area contributed by atoms with E-state index >= 15 is 0 Å². The standard InChI is InChI=1S/C23H21F2N4O4PS/c1-32-16-11-15(12-17(13-16)33-2)26-21-22(28-20-6-4-3-5-19(20)27-21)29-35(30,31)18-9-7-14(8-10-18)23(24,25)34/h3-13H,34H2,1-2H3,(H,26,27)(H,28,29). The van der Waals surface area contributed by atoms with Gasteiger partial charge in [-0.25, -0.2) is 18.4 Å². The molecule has 0 radical (unpaired) electrons. The van der Waals surface area contributed by atoms with Crippen LogP contribution < -0.4 is 19.5 Å². The topological polar surface area (TPSA) is 102 Å². The highest BCUT2D eigenvalue weighted by atomic mass is 32.2. The Hall–Kier alpha value is -3.56. The Balaban J connectivity index is 1.75. The molecule has 4 rings (SSSR count). The zero-order valence-electron chi connectivity index (χ0n) is 18.6. The summed E-state index contributed by atoms with van der Waals surface area (Å²) in [5.74, 6) is 1.06. The van der Waals surface area contributed by atoms with Gasteiger partial charge in [-0.15, -0.1) is 0 Å². The van der Waals surface area contributed by atoms with Crippen LogP contribution in [0.25, 0.3) is 11.0 Å². The summed E-state index contributed by atoms with van der Waals surface area (Å²) in [4.78, 5) is 8.74. The van der Waals surface area contributed by atoms with E-state index in [0.29, 0.717) is 28.2 Å². The van der Waals surface area contributed by atoms with Gasteiger partial charge in [0, 0.05) is 29.4 Å². The Bertz CT molecular complexity index is 1460. The third-order valence-corrected chi connectivity index (χ3v) is 6.65. The van der Waals surface area contributed by atoms with Crippen molar-refractivity contribution in [1.29, 1.82) is 0 Å². The molecule has 182 valence electrons. The molecule has 3 aromatic carbocycles. The first-order valence-electron chi connectivity index (χ1n) is 10.2. The van der Waals surface area contributed by atoms with E-state index in [-0.39, 0.29) is 22.1 Å². The first-order chi connectivity index (χ1) is 16.6. The van der Waals surface area contributed by atoms with Gasteiger partial charge in [0.25, 0.3) is 15.7 Å². The predicted molar refractivity (Wildman–Crippen MR) is 133 cm³/mol. The fraction of sp³-hybridized carbons (Fsp3) is 0.130. The van der Waals surface area contributed by atoms with E-state index in [1.54, 1.807) is 42.5 Å². The number of alkyl halides is 2. The van der Waals surface area contributed by atoms with Crippen molar-refractivity contribution in [2.75, 3.05) is 24.3 Å². The van der Waals surface area contributed by atoms with Gasteiger partial charge in [0.1, 0.15) is 11.5 Å². The summed E-state index contributed by atoms with van der Waals surface area (Å²) >= 11 is 0. The number of para-hydroxylation sites is 2. The lowest BCUT2D eigenvalue weighted by atomic mass is 10.2. The van der Waals surface area contributed by atoms with Crippen LogP contribution in [-0.2, 0) is 15.7 Å². The Morgan fingerprint density at radius 1 is 0.857 bits per heavy atom. The average molecular weight is 518 g/mol. The molecule has 2 N–H and O–H groups in total. The third kappa shape index (κ3) is 5.58. The number of ether oxygens (including phenoxy) is 2. The number of fused-ring (bicyclic) bond motifs is 1. The normalized spacial score (nSPS) is 11.8. The van der Waals surface area contributed by atoms with Crippen molar-refractivity contribution < 1.29 is 26.7 Å². The summed E-state index contributed by atoms with van der Waals surface area (Å²) in [5, 5.41) is 3.05. The molecule has 0 saturated carbocycles. The molecule has 1 atom stereocenters. The highest BCUT2D eigenvalue weighted by Gasteiger charge is 2.26. The number of halogens is 2. The number of hydrogen-bond donors (Lipinski definition) is 2. The molecule has 0 aliphatic rings. The van der Waals surface area contributed by atoms with Gasteiger partial charge in [-0.3, -0.25) is 4.72 Å². The molecule has 0 fully saturated rings. The van der Waals surface area contributed by atoms with Gasteiger partial charge in [-0.2, -0.15) is 8.78 Å². The Kier molecular flexibility index (Phi) is 6.73. The number of rotatable bonds is 8. The van der Waals surface area contributed by atoms with E-state index in [0.717, 1.165) is 24.3 Å². The molecule has 1 aromatic heterocycles. The maximum absolute atomic E-state index is 13.5. The minimum absolute atomic E-state index is 0.0778. The monoisotopic (exact) mass is 518 g/mol. The van der Waals surface area contributed by atoms with Gasteiger partial charge >= 0.3 is 0 Å². The van der Waals surface area contributed by atoms with Crippen LogP contribution in [0.2, 0.25) is 0 Å². The van der Waals surface area contributed by atoms with Gasteiger partial charge in [0.05, 0.1) is 30.1 Å². The molecule has 0 aliphatic carbocycles. The second-order valence-electron chi connectivity index (χ2n) is 7.39. The number of nitrogens with one attached hydrogen (secondary N) is 2. The first kappa shape index (κ1) is 24.6. The second kappa shape index (κ2) is 9.59. The van der Waals surface area contributed by atoms with Crippen molar-refractivity contribution in [2.45, 2.75) is 10.6 Å². The number of aromatic nitrogens is 2. The minimum Gasteiger partial charge on any atom is -0.497 e. The van der Waals surface area contributed by atoms with Crippen molar-refractivity contribution in [3.63, 3.8) is 0 Å². The van der Waals surface area contributed by atoms with Gasteiger partial charge in [-0.05, 0) is 24.3 Å². The molecular weight excluding hydrogens is 497 g/mol. The smallest absolute Gasteiger partial charge is 0.283 e. The number of nitrogens with zero attached hydrogens (tertiary/aromatic N) is 2. The second-order valence-corrected chi connectivity index (χ2v) is 9.80. The van der Waals surface area contributed by atoms with E-state index in [4.69, 9.17) is 9.47 Å². The summed E-state index contributed by atoms with van der Waals surface area (Å²) < 4.78 is 66.1. The summed E-state index contributed by atoms with van der Waals surface area (Å²) in [7, 11) is 0.249. The van der Waals surface area contributed by atoms with Gasteiger partial charge in [-0.1, -0.05) is 33.5 Å². The minimum atomic E-state index is -4.18. The van der Waals surface area contributed by atoms with Crippen LogP contribution >= 0.6 is 9.24 Å². The van der Waals surface area contributed by atoms with Crippen molar-refractivity contribution in [1.82, 2.24) is 9.97 Å². The van der Waals surface area contributed by atoms with Crippen molar-refractivity contribution in [3.05, 3.63) is 72.3 Å². The van der Waals surface area contributed by atoms with Crippen molar-refractivity contribution in [2.24, 2.45) is 0 Å². The highest BCUT2D eigenvalue weighted by molar-refractivity contribution is 7.92. The first-order valence-corrected chi connectivity index (χ1v) is 12.2. The molecule has 0 saturated heterocycles. The molecule has 4 aromatic rings. The number of hydrogen-bond acceptors (Lipinski definition) is 7. The van der Waals surface area contributed by atoms with E-state index in [2.05, 4.69) is 20.0 Å². The number of sulfonamides is 1. The van der Waals surface area contributed by atoms with Gasteiger partial charge in [0.15, 0.2) is 11.6 Å². The Labute approximate surface area is 203 Å². The quantitative estimate of drug-likeness (QED) is 0.312. The summed E-state index contributed by atoms with van der Waals surface area (Å²) in [6, 6.07) is 16.3. The Morgan fingerprint density at radius 2 is 1.40 bits per heavy atom. The van der Waals surface area contributed by atoms with Gasteiger partial charge in [0.2, 0.25) is 0 Å². The van der Waals surface area contributed by atoms with Crippen LogP contribution in [0.15, 0.2) is 71.6 Å². The lowest BCUT2D eigenvalue weighted by molar-refractivity contribution is 0.104. The zero-order valence-corrected chi connectivity index (χ0v) is 20.6. The Morgan fingerprint density at radius 3 is 1.91 bits per heavy atom. The number of methoxy groups -OCH3 is 2. The molecule has 12 heteroatoms. The van der Waals surface area contributed by atoms with E-state index < -0.39 is 15.7 Å². The molecule has 8 nitrogen and oxygen atoms in total. The van der Waals surface area contributed by atoms with Crippen LogP contribution in [0.5, 0.6) is 11.5 Å². The van der Waals surface area contributed by atoms with E-state index in [1.807, 2.05) is 0 Å². The highest BCUT2D eigenvalue weighted by Crippen LogP contribution is 2.35. The fourth-order valence-corrected chi connectivity index (χ4v) is 4.42. The van der Waals surface area contributed by atoms with Crippen LogP contribution in [0.1, 0.15) is 5.56 Å². The van der Waals surface area contributed by atoms with E-state index in [1.165, 1.54) is 23.5 Å². The summed E-state index contributed by atoms with van der Waals surface area (Å²) in [5.41, 5.74) is -2.01. The molecule has 35 heavy (non-hydrogen) atoms. The lowest BCUT2D eigenvalue weighted by Crippen LogP contribution is -2.16. The zero-order chi connectivity index (χ0) is 25.2. The molecular formula is C23H21F2N4O4PS. The van der Waals surface area contributed by atoms with Gasteiger partial charge < -0.3 is 14.8 Å². The number of anilines is 3. The van der Waals surface area contributed by atoms with Crippen LogP contribution in [0, 0.1) is 0 Å². The maximum Gasteiger partial charge on any atom is 0.283 e. The predicted octanol–water partition coefficient (Wildman–Crippen LogP) is 5.12. The molecule has 0 spiro atoms. The SMILES string of the molecule is COc1cc(Nc2nc3ccccc3nc2NS(=O)(=O)c2ccc(C(F)(F)P)cc2)cc(OC)c1. The van der Waals surface area contributed by atoms with Crippen LogP contribution in [0.3, 0.4) is 0 Å². The lowest BCUT2D eigenvalue weighted by Gasteiger charge is -2.15. The van der Waals surface area contributed by atoms with Crippen LogP contribution in [-0.4, -0.2) is 32.6 Å². The summed E-state index contributed by atoms with van der Waals surface area (Å²) in [6.07, 6.45) is 0. The molecule has 0 aliphatic heterocycles. The number of benzene rings is 3. The maximum atomic E-state index is 13.5. The van der Waals surface area contributed by atoms with E-state index in [9.17, 15) is 17.2 Å². The molecule has 1 heterocycles. The average Bonchev–Trinajstić information content (AvgIpc) is 2.83. The van der Waals surface area contributed by atoms with Crippen molar-refractivity contribution >= 4 is 47.6 Å². The van der Waals surface area contributed by atoms with Crippen molar-refractivity contribution in [3.8, 4) is 11.5 Å². The molecule has 0 bridgehead atoms. The van der Waals surface area contributed by atoms with Crippen LogP contribution in [0.4, 0.5) is 26.1 Å².